The highest BCUT2D eigenvalue weighted by Crippen LogP contribution is 2.32. The zero-order valence-corrected chi connectivity index (χ0v) is 21.9. The Balaban J connectivity index is 0.000000371. The highest BCUT2D eigenvalue weighted by Gasteiger charge is 2.28. The van der Waals surface area contributed by atoms with Crippen molar-refractivity contribution < 1.29 is 38.5 Å². The van der Waals surface area contributed by atoms with Crippen LogP contribution in [-0.2, 0) is 18.8 Å². The van der Waals surface area contributed by atoms with Crippen LogP contribution in [0.5, 0.6) is 0 Å². The highest BCUT2D eigenvalue weighted by molar-refractivity contribution is 7.52. The van der Waals surface area contributed by atoms with E-state index in [0.717, 1.165) is 19.4 Å². The van der Waals surface area contributed by atoms with Gasteiger partial charge in [-0.2, -0.15) is 9.97 Å². The highest BCUT2D eigenvalue weighted by atomic mass is 35.5. The normalized spacial score (nSPS) is 16.8. The van der Waals surface area contributed by atoms with Crippen LogP contribution in [0, 0.1) is 0 Å². The van der Waals surface area contributed by atoms with Gasteiger partial charge in [0.2, 0.25) is 5.28 Å². The van der Waals surface area contributed by atoms with E-state index in [1.165, 1.54) is 0 Å². The van der Waals surface area contributed by atoms with Gasteiger partial charge in [0.05, 0.1) is 19.0 Å². The van der Waals surface area contributed by atoms with Gasteiger partial charge in [0.1, 0.15) is 18.7 Å². The third kappa shape index (κ3) is 9.56. The maximum atomic E-state index is 12.4. The second-order valence-electron chi connectivity index (χ2n) is 7.55. The number of hydrogen-bond donors (Lipinski definition) is 4. The van der Waals surface area contributed by atoms with E-state index < -0.39 is 13.8 Å². The molecular weight excluding hydrogens is 529 g/mol. The van der Waals surface area contributed by atoms with Crippen molar-refractivity contribution in [3.8, 4) is 0 Å². The lowest BCUT2D eigenvalue weighted by Crippen LogP contribution is -2.15. The van der Waals surface area contributed by atoms with Crippen molar-refractivity contribution in [2.24, 2.45) is 0 Å². The molecule has 1 aliphatic rings. The third-order valence-electron chi connectivity index (χ3n) is 4.86. The number of nitrogens with one attached hydrogen (secondary N) is 1. The Morgan fingerprint density at radius 2 is 1.97 bits per heavy atom. The summed E-state index contributed by atoms with van der Waals surface area (Å²) in [5.74, 6) is -0.0713. The monoisotopic (exact) mass is 557 g/mol. The fraction of sp³-hybridized carbons (Fsp3) is 0.409. The minimum atomic E-state index is -4.03. The van der Waals surface area contributed by atoms with Crippen molar-refractivity contribution >= 4 is 48.4 Å². The van der Waals surface area contributed by atoms with E-state index in [-0.39, 0.29) is 42.2 Å². The maximum absolute atomic E-state index is 12.4. The van der Waals surface area contributed by atoms with E-state index >= 15 is 0 Å². The van der Waals surface area contributed by atoms with Crippen LogP contribution in [-0.4, -0.2) is 79.2 Å². The van der Waals surface area contributed by atoms with Crippen LogP contribution >= 0.6 is 19.2 Å². The molecule has 3 heterocycles. The fourth-order valence-electron chi connectivity index (χ4n) is 3.08. The number of carbonyl (C=O) groups is 2. The lowest BCUT2D eigenvalue weighted by Gasteiger charge is -2.14. The van der Waals surface area contributed by atoms with Crippen molar-refractivity contribution in [2.45, 2.75) is 32.1 Å². The molecule has 1 saturated heterocycles. The first-order chi connectivity index (χ1) is 17.6. The molecule has 0 radical (unpaired) electrons. The Morgan fingerprint density at radius 3 is 2.49 bits per heavy atom. The zero-order chi connectivity index (χ0) is 27.4. The van der Waals surface area contributed by atoms with Gasteiger partial charge in [-0.25, -0.2) is 4.98 Å². The van der Waals surface area contributed by atoms with Gasteiger partial charge < -0.3 is 34.5 Å². The van der Waals surface area contributed by atoms with E-state index in [9.17, 15) is 19.3 Å². The van der Waals surface area contributed by atoms with Crippen molar-refractivity contribution in [3.63, 3.8) is 0 Å². The number of nitrogens with zero attached hydrogens (tertiary/aromatic N) is 4. The summed E-state index contributed by atoms with van der Waals surface area (Å²) >= 11 is 6.05. The number of halogens is 1. The Labute approximate surface area is 218 Å². The summed E-state index contributed by atoms with van der Waals surface area (Å²) in [4.78, 5) is 50.2. The molecule has 1 aliphatic heterocycles. The zero-order valence-electron chi connectivity index (χ0n) is 20.2. The van der Waals surface area contributed by atoms with Crippen LogP contribution in [0.4, 0.5) is 5.82 Å². The number of aliphatic hydroxyl groups is 1. The average molecular weight is 558 g/mol. The standard InChI is InChI=1S/C17H16ClN5O3.C3H8O.C2H5O4P/c18-17-21-14(20-16(25)10-4-2-1-3-5-10)13-15(22-17)23(9-19-13)12-7-6-11(8-24)26-12;1-3-4-2;3-1-2-7(4,5)6/h1-5,9,11-12,24H,6-8H2,(H,20,21,22,25);3H2,1-2H3;1H,2H2,(H2,4,5,6). The minimum Gasteiger partial charge on any atom is -0.394 e. The molecule has 0 aliphatic carbocycles. The lowest BCUT2D eigenvalue weighted by atomic mass is 10.2. The second kappa shape index (κ2) is 14.8. The van der Waals surface area contributed by atoms with Gasteiger partial charge in [-0.3, -0.25) is 13.9 Å². The number of fused-ring (bicyclic) bond motifs is 1. The van der Waals surface area contributed by atoms with Gasteiger partial charge in [-0.05, 0) is 43.5 Å². The topological polar surface area (TPSA) is 186 Å². The first-order valence-corrected chi connectivity index (χ1v) is 13.3. The predicted octanol–water partition coefficient (Wildman–Crippen LogP) is 2.42. The molecule has 15 heteroatoms. The van der Waals surface area contributed by atoms with Crippen molar-refractivity contribution in [1.82, 2.24) is 19.5 Å². The summed E-state index contributed by atoms with van der Waals surface area (Å²) < 4.78 is 21.8. The van der Waals surface area contributed by atoms with Gasteiger partial charge in [-0.1, -0.05) is 18.2 Å². The van der Waals surface area contributed by atoms with Gasteiger partial charge in [0.25, 0.3) is 5.91 Å². The van der Waals surface area contributed by atoms with E-state index in [1.807, 2.05) is 13.0 Å². The molecule has 2 aromatic heterocycles. The quantitative estimate of drug-likeness (QED) is 0.190. The fourth-order valence-corrected chi connectivity index (χ4v) is 3.44. The van der Waals surface area contributed by atoms with Crippen molar-refractivity contribution in [1.29, 1.82) is 0 Å². The number of ether oxygens (including phenoxy) is 2. The molecule has 202 valence electrons. The second-order valence-corrected chi connectivity index (χ2v) is 9.58. The maximum Gasteiger partial charge on any atom is 0.332 e. The van der Waals surface area contributed by atoms with Crippen molar-refractivity contribution in [3.05, 3.63) is 47.5 Å². The number of aldehydes is 1. The Kier molecular flexibility index (Phi) is 12.2. The van der Waals surface area contributed by atoms with Crippen LogP contribution in [0.25, 0.3) is 11.2 Å². The number of hydrogen-bond acceptors (Lipinski definition) is 9. The van der Waals surface area contributed by atoms with E-state index in [2.05, 4.69) is 25.0 Å². The number of amides is 1. The summed E-state index contributed by atoms with van der Waals surface area (Å²) in [5.41, 5.74) is 1.39. The number of rotatable bonds is 7. The summed E-state index contributed by atoms with van der Waals surface area (Å²) in [6.45, 7) is 2.75. The summed E-state index contributed by atoms with van der Waals surface area (Å²) in [6.07, 6.45) is 2.08. The number of aromatic nitrogens is 4. The molecule has 4 N–H and O–H groups in total. The SMILES string of the molecule is CCOC.O=C(Nc1nc(Cl)nc2c1ncn2C1CCC(CO)O1)c1ccccc1.O=CCP(=O)(O)O. The Bertz CT molecular complexity index is 1200. The molecule has 3 aromatic rings. The number of anilines is 1. The predicted molar refractivity (Wildman–Crippen MR) is 135 cm³/mol. The third-order valence-corrected chi connectivity index (χ3v) is 5.66. The van der Waals surface area contributed by atoms with E-state index in [1.54, 1.807) is 42.3 Å². The molecular formula is C22H29ClN5O8P. The van der Waals surface area contributed by atoms with Crippen LogP contribution in [0.2, 0.25) is 5.28 Å². The van der Waals surface area contributed by atoms with Crippen LogP contribution in [0.3, 0.4) is 0 Å². The van der Waals surface area contributed by atoms with Gasteiger partial charge in [-0.15, -0.1) is 0 Å². The first-order valence-electron chi connectivity index (χ1n) is 11.1. The van der Waals surface area contributed by atoms with Crippen LogP contribution in [0.1, 0.15) is 36.4 Å². The van der Waals surface area contributed by atoms with E-state index in [0.29, 0.717) is 16.7 Å². The molecule has 1 fully saturated rings. The molecule has 0 spiro atoms. The average Bonchev–Trinajstić information content (AvgIpc) is 3.51. The van der Waals surface area contributed by atoms with Gasteiger partial charge in [0.15, 0.2) is 17.0 Å². The molecule has 2 atom stereocenters. The smallest absolute Gasteiger partial charge is 0.332 e. The molecule has 0 bridgehead atoms. The molecule has 37 heavy (non-hydrogen) atoms. The largest absolute Gasteiger partial charge is 0.394 e. The Morgan fingerprint density at radius 1 is 1.30 bits per heavy atom. The number of aliphatic hydroxyl groups excluding tert-OH is 1. The number of carbonyl (C=O) groups excluding carboxylic acids is 2. The number of methoxy groups -OCH3 is 1. The molecule has 2 unspecified atom stereocenters. The first kappa shape index (κ1) is 30.5. The molecule has 4 rings (SSSR count). The van der Waals surface area contributed by atoms with Crippen molar-refractivity contribution in [2.75, 3.05) is 31.8 Å². The van der Waals surface area contributed by atoms with Gasteiger partial charge >= 0.3 is 7.60 Å². The van der Waals surface area contributed by atoms with Crippen LogP contribution < -0.4 is 5.32 Å². The van der Waals surface area contributed by atoms with E-state index in [4.69, 9.17) is 26.1 Å². The number of benzene rings is 1. The minimum absolute atomic E-state index is 0.000633. The summed E-state index contributed by atoms with van der Waals surface area (Å²) in [5, 5.41) is 12.0. The summed E-state index contributed by atoms with van der Waals surface area (Å²) in [7, 11) is -2.35. The van der Waals surface area contributed by atoms with Crippen LogP contribution in [0.15, 0.2) is 36.7 Å². The molecule has 1 aromatic carbocycles. The molecule has 0 saturated carbocycles. The number of imidazole rings is 1. The lowest BCUT2D eigenvalue weighted by molar-refractivity contribution is -0.106. The Hall–Kier alpha value is -2.77. The summed E-state index contributed by atoms with van der Waals surface area (Å²) in [6, 6.07) is 8.80. The molecule has 1 amide bonds. The van der Waals surface area contributed by atoms with Gasteiger partial charge in [0, 0.05) is 19.3 Å². The molecule has 13 nitrogen and oxygen atoms in total.